The van der Waals surface area contributed by atoms with E-state index in [2.05, 4.69) is 0 Å². The second kappa shape index (κ2) is 3.56. The van der Waals surface area contributed by atoms with E-state index in [1.54, 1.807) is 0 Å². The molecule has 0 amide bonds. The molecule has 1 saturated carbocycles. The van der Waals surface area contributed by atoms with Crippen molar-refractivity contribution in [1.29, 1.82) is 5.26 Å². The van der Waals surface area contributed by atoms with E-state index in [0.717, 1.165) is 13.1 Å². The molecule has 2 unspecified atom stereocenters. The van der Waals surface area contributed by atoms with Crippen LogP contribution in [0.1, 0.15) is 22.3 Å². The van der Waals surface area contributed by atoms with Crippen LogP contribution in [0.5, 0.6) is 0 Å². The summed E-state index contributed by atoms with van der Waals surface area (Å²) in [6.45, 7) is 1.66. The zero-order valence-corrected chi connectivity index (χ0v) is 9.19. The van der Waals surface area contributed by atoms with E-state index in [0.29, 0.717) is 23.8 Å². The van der Waals surface area contributed by atoms with Crippen LogP contribution in [-0.2, 0) is 0 Å². The van der Waals surface area contributed by atoms with Crippen LogP contribution in [0.2, 0.25) is 0 Å². The minimum atomic E-state index is -0.465. The number of carbonyl (C=O) groups is 1. The third-order valence-corrected chi connectivity index (χ3v) is 3.64. The van der Waals surface area contributed by atoms with Crippen LogP contribution in [0.15, 0.2) is 12.1 Å². The van der Waals surface area contributed by atoms with Crippen LogP contribution in [0, 0.1) is 29.0 Å². The summed E-state index contributed by atoms with van der Waals surface area (Å²) in [7, 11) is 0. The molecule has 1 aromatic carbocycles. The van der Waals surface area contributed by atoms with E-state index >= 15 is 0 Å². The Hall–Kier alpha value is -1.89. The third-order valence-electron chi connectivity index (χ3n) is 3.64. The molecular weight excluding hydrogens is 219 g/mol. The molecule has 1 aromatic rings. The molecule has 0 radical (unpaired) electrons. The number of nitriles is 1. The van der Waals surface area contributed by atoms with Gasteiger partial charge in [0, 0.05) is 18.7 Å². The average molecular weight is 230 g/mol. The topological polar surface area (TPSA) is 44.1 Å². The van der Waals surface area contributed by atoms with Crippen molar-refractivity contribution in [3.63, 3.8) is 0 Å². The number of nitrogens with zero attached hydrogens (tertiary/aromatic N) is 2. The molecule has 1 saturated heterocycles. The molecule has 2 aliphatic rings. The molecule has 86 valence electrons. The molecule has 0 spiro atoms. The van der Waals surface area contributed by atoms with E-state index in [9.17, 15) is 9.18 Å². The van der Waals surface area contributed by atoms with Crippen molar-refractivity contribution >= 4 is 12.0 Å². The first-order valence-corrected chi connectivity index (χ1v) is 5.66. The Bertz CT molecular complexity index is 525. The summed E-state index contributed by atoms with van der Waals surface area (Å²) >= 11 is 0. The SMILES string of the molecule is N#Cc1cc(C=O)cc(F)c1N1CC2CC2C1. The van der Waals surface area contributed by atoms with E-state index in [4.69, 9.17) is 5.26 Å². The summed E-state index contributed by atoms with van der Waals surface area (Å²) in [5.74, 6) is 0.880. The summed E-state index contributed by atoms with van der Waals surface area (Å²) < 4.78 is 13.9. The van der Waals surface area contributed by atoms with Gasteiger partial charge in [-0.1, -0.05) is 0 Å². The smallest absolute Gasteiger partial charge is 0.150 e. The van der Waals surface area contributed by atoms with Crippen LogP contribution in [0.25, 0.3) is 0 Å². The number of anilines is 1. The quantitative estimate of drug-likeness (QED) is 0.729. The number of carbonyl (C=O) groups excluding carboxylic acids is 1. The average Bonchev–Trinajstić information content (AvgIpc) is 2.95. The van der Waals surface area contributed by atoms with Crippen LogP contribution in [-0.4, -0.2) is 19.4 Å². The Labute approximate surface area is 98.5 Å². The first kappa shape index (κ1) is 10.3. The molecule has 0 bridgehead atoms. The lowest BCUT2D eigenvalue weighted by Gasteiger charge is -2.22. The van der Waals surface area contributed by atoms with Gasteiger partial charge >= 0.3 is 0 Å². The molecular formula is C13H11FN2O. The minimum Gasteiger partial charge on any atom is -0.368 e. The van der Waals surface area contributed by atoms with Crippen molar-refractivity contribution in [2.75, 3.05) is 18.0 Å². The predicted octanol–water partition coefficient (Wildman–Crippen LogP) is 1.97. The van der Waals surface area contributed by atoms with Crippen molar-refractivity contribution in [3.05, 3.63) is 29.1 Å². The van der Waals surface area contributed by atoms with E-state index < -0.39 is 5.82 Å². The standard InChI is InChI=1S/C13H11FN2O/c14-12-2-8(7-17)1-9(4-15)13(12)16-5-10-3-11(10)6-16/h1-2,7,10-11H,3,5-6H2. The molecule has 4 heteroatoms. The van der Waals surface area contributed by atoms with Crippen LogP contribution in [0.3, 0.4) is 0 Å². The van der Waals surface area contributed by atoms with Crippen molar-refractivity contribution < 1.29 is 9.18 Å². The van der Waals surface area contributed by atoms with Crippen molar-refractivity contribution in [1.82, 2.24) is 0 Å². The van der Waals surface area contributed by atoms with E-state index in [-0.39, 0.29) is 11.1 Å². The molecule has 3 rings (SSSR count). The number of halogens is 1. The highest BCUT2D eigenvalue weighted by atomic mass is 19.1. The number of benzene rings is 1. The maximum atomic E-state index is 13.9. The second-order valence-corrected chi connectivity index (χ2v) is 4.79. The van der Waals surface area contributed by atoms with Gasteiger partial charge in [0.1, 0.15) is 18.2 Å². The van der Waals surface area contributed by atoms with Crippen molar-refractivity contribution in [2.45, 2.75) is 6.42 Å². The highest BCUT2D eigenvalue weighted by Crippen LogP contribution is 2.47. The fourth-order valence-electron chi connectivity index (χ4n) is 2.68. The van der Waals surface area contributed by atoms with Crippen LogP contribution >= 0.6 is 0 Å². The van der Waals surface area contributed by atoms with Gasteiger partial charge in [0.05, 0.1) is 11.3 Å². The number of hydrogen-bond acceptors (Lipinski definition) is 3. The molecule has 0 N–H and O–H groups in total. The summed E-state index contributed by atoms with van der Waals surface area (Å²) in [6, 6.07) is 4.63. The predicted molar refractivity (Wildman–Crippen MR) is 60.3 cm³/mol. The van der Waals surface area contributed by atoms with Crippen molar-refractivity contribution in [2.24, 2.45) is 11.8 Å². The third kappa shape index (κ3) is 1.59. The lowest BCUT2D eigenvalue weighted by molar-refractivity contribution is 0.112. The number of aldehydes is 1. The maximum absolute atomic E-state index is 13.9. The largest absolute Gasteiger partial charge is 0.368 e. The lowest BCUT2D eigenvalue weighted by Crippen LogP contribution is -2.24. The summed E-state index contributed by atoms with van der Waals surface area (Å²) in [5, 5.41) is 9.04. The van der Waals surface area contributed by atoms with E-state index in [1.807, 2.05) is 11.0 Å². The second-order valence-electron chi connectivity index (χ2n) is 4.79. The Balaban J connectivity index is 2.03. The number of hydrogen-bond donors (Lipinski definition) is 0. The van der Waals surface area contributed by atoms with Gasteiger partial charge in [-0.05, 0) is 30.4 Å². The van der Waals surface area contributed by atoms with Gasteiger partial charge in [0.15, 0.2) is 0 Å². The van der Waals surface area contributed by atoms with Gasteiger partial charge in [-0.15, -0.1) is 0 Å². The number of piperidine rings is 1. The Morgan fingerprint density at radius 1 is 1.41 bits per heavy atom. The fourth-order valence-corrected chi connectivity index (χ4v) is 2.68. The van der Waals surface area contributed by atoms with Crippen LogP contribution in [0.4, 0.5) is 10.1 Å². The molecule has 2 fully saturated rings. The zero-order chi connectivity index (χ0) is 12.0. The number of rotatable bonds is 2. The Kier molecular flexibility index (Phi) is 2.15. The molecule has 1 aliphatic carbocycles. The Morgan fingerprint density at radius 2 is 2.12 bits per heavy atom. The normalized spacial score (nSPS) is 25.3. The first-order chi connectivity index (χ1) is 8.22. The minimum absolute atomic E-state index is 0.215. The van der Waals surface area contributed by atoms with Gasteiger partial charge in [-0.2, -0.15) is 5.26 Å². The monoisotopic (exact) mass is 230 g/mol. The van der Waals surface area contributed by atoms with Crippen LogP contribution < -0.4 is 4.90 Å². The molecule has 1 aliphatic heterocycles. The molecule has 17 heavy (non-hydrogen) atoms. The van der Waals surface area contributed by atoms with Gasteiger partial charge in [-0.25, -0.2) is 4.39 Å². The van der Waals surface area contributed by atoms with Gasteiger partial charge in [0.25, 0.3) is 0 Å². The van der Waals surface area contributed by atoms with Gasteiger partial charge < -0.3 is 4.90 Å². The maximum Gasteiger partial charge on any atom is 0.150 e. The fraction of sp³-hybridized carbons (Fsp3) is 0.385. The Morgan fingerprint density at radius 3 is 2.71 bits per heavy atom. The molecule has 3 nitrogen and oxygen atoms in total. The van der Waals surface area contributed by atoms with E-state index in [1.165, 1.54) is 18.6 Å². The molecule has 1 heterocycles. The summed E-state index contributed by atoms with van der Waals surface area (Å²) in [5.41, 5.74) is 0.839. The van der Waals surface area contributed by atoms with Crippen molar-refractivity contribution in [3.8, 4) is 6.07 Å². The first-order valence-electron chi connectivity index (χ1n) is 5.66. The highest BCUT2D eigenvalue weighted by molar-refractivity contribution is 5.78. The lowest BCUT2D eigenvalue weighted by atomic mass is 10.1. The van der Waals surface area contributed by atoms with Gasteiger partial charge in [0.2, 0.25) is 0 Å². The summed E-state index contributed by atoms with van der Waals surface area (Å²) in [4.78, 5) is 12.6. The van der Waals surface area contributed by atoms with Gasteiger partial charge in [-0.3, -0.25) is 4.79 Å². The highest BCUT2D eigenvalue weighted by Gasteiger charge is 2.46. The zero-order valence-electron chi connectivity index (χ0n) is 9.19. The molecule has 2 atom stereocenters. The molecule has 0 aromatic heterocycles. The summed E-state index contributed by atoms with van der Waals surface area (Å²) in [6.07, 6.45) is 1.79. The number of fused-ring (bicyclic) bond motifs is 1.